The molecule has 0 spiro atoms. The lowest BCUT2D eigenvalue weighted by Crippen LogP contribution is -2.41. The first-order valence-electron chi connectivity index (χ1n) is 11.0. The molecule has 170 valence electrons. The molecule has 3 N–H and O–H groups in total. The number of ether oxygens (including phenoxy) is 1. The van der Waals surface area contributed by atoms with E-state index in [4.69, 9.17) is 4.74 Å². The van der Waals surface area contributed by atoms with Gasteiger partial charge in [0.2, 0.25) is 0 Å². The van der Waals surface area contributed by atoms with E-state index in [0.29, 0.717) is 30.9 Å². The number of fused-ring (bicyclic) bond motifs is 1. The topological polar surface area (TPSA) is 92.6 Å². The molecule has 2 aromatic carbocycles. The molecule has 8 nitrogen and oxygen atoms in total. The summed E-state index contributed by atoms with van der Waals surface area (Å²) in [4.78, 5) is 21.5. The van der Waals surface area contributed by atoms with Gasteiger partial charge in [-0.05, 0) is 50.6 Å². The van der Waals surface area contributed by atoms with Crippen molar-refractivity contribution in [3.63, 3.8) is 0 Å². The molecule has 1 heterocycles. The van der Waals surface area contributed by atoms with Gasteiger partial charge in [-0.15, -0.1) is 0 Å². The molecule has 3 aromatic rings. The Kier molecular flexibility index (Phi) is 8.48. The molecular formula is C24H32N6O2. The molecule has 32 heavy (non-hydrogen) atoms. The quantitative estimate of drug-likeness (QED) is 0.258. The number of rotatable bonds is 10. The highest BCUT2D eigenvalue weighted by molar-refractivity contribution is 5.94. The fourth-order valence-corrected chi connectivity index (χ4v) is 3.46. The molecule has 0 aliphatic heterocycles. The Morgan fingerprint density at radius 1 is 1.09 bits per heavy atom. The highest BCUT2D eigenvalue weighted by Crippen LogP contribution is 2.15. The van der Waals surface area contributed by atoms with Crippen LogP contribution in [-0.2, 0) is 6.54 Å². The maximum atomic E-state index is 12.3. The third-order valence-corrected chi connectivity index (χ3v) is 5.03. The Bertz CT molecular complexity index is 1060. The van der Waals surface area contributed by atoms with Gasteiger partial charge in [0.25, 0.3) is 5.91 Å². The van der Waals surface area contributed by atoms with Gasteiger partial charge in [-0.3, -0.25) is 9.79 Å². The van der Waals surface area contributed by atoms with E-state index in [-0.39, 0.29) is 5.91 Å². The number of guanidine groups is 1. The maximum Gasteiger partial charge on any atom is 0.251 e. The summed E-state index contributed by atoms with van der Waals surface area (Å²) in [7, 11) is 1.58. The molecule has 1 amide bonds. The van der Waals surface area contributed by atoms with Crippen LogP contribution in [0.5, 0.6) is 5.75 Å². The van der Waals surface area contributed by atoms with Crippen molar-refractivity contribution in [1.82, 2.24) is 25.5 Å². The summed E-state index contributed by atoms with van der Waals surface area (Å²) >= 11 is 0. The molecule has 0 aliphatic rings. The Morgan fingerprint density at radius 2 is 1.91 bits per heavy atom. The molecule has 0 atom stereocenters. The monoisotopic (exact) mass is 436 g/mol. The third-order valence-electron chi connectivity index (χ3n) is 5.03. The molecule has 0 unspecified atom stereocenters. The van der Waals surface area contributed by atoms with Crippen molar-refractivity contribution in [1.29, 1.82) is 0 Å². The first kappa shape index (κ1) is 23.1. The second-order valence-electron chi connectivity index (χ2n) is 7.33. The van der Waals surface area contributed by atoms with Crippen LogP contribution < -0.4 is 20.7 Å². The van der Waals surface area contributed by atoms with Gasteiger partial charge in [0.1, 0.15) is 11.6 Å². The van der Waals surface area contributed by atoms with Crippen LogP contribution in [0, 0.1) is 6.92 Å². The first-order valence-corrected chi connectivity index (χ1v) is 11.0. The number of methoxy groups -OCH3 is 1. The number of aliphatic imine (C=N–C) groups is 1. The van der Waals surface area contributed by atoms with Gasteiger partial charge >= 0.3 is 0 Å². The minimum absolute atomic E-state index is 0.129. The van der Waals surface area contributed by atoms with Crippen molar-refractivity contribution >= 4 is 22.9 Å². The average molecular weight is 437 g/mol. The van der Waals surface area contributed by atoms with Crippen molar-refractivity contribution in [3.05, 3.63) is 59.9 Å². The molecule has 8 heteroatoms. The van der Waals surface area contributed by atoms with Crippen molar-refractivity contribution < 1.29 is 9.53 Å². The van der Waals surface area contributed by atoms with Gasteiger partial charge in [0, 0.05) is 38.3 Å². The van der Waals surface area contributed by atoms with Gasteiger partial charge in [-0.25, -0.2) is 4.98 Å². The normalized spacial score (nSPS) is 11.4. The summed E-state index contributed by atoms with van der Waals surface area (Å²) in [5, 5.41) is 9.41. The Labute approximate surface area is 189 Å². The standard InChI is InChI=1S/C24H32N6O2/c1-4-25-24(28-15-14-26-23(31)19-9-7-10-20(17-19)32-3)27-13-8-16-30-18(2)29-21-11-5-6-12-22(21)30/h5-7,9-12,17H,4,8,13-16H2,1-3H3,(H,26,31)(H2,25,27,28). The number of hydrogen-bond donors (Lipinski definition) is 3. The molecule has 0 aliphatic carbocycles. The van der Waals surface area contributed by atoms with Crippen LogP contribution in [0.4, 0.5) is 0 Å². The summed E-state index contributed by atoms with van der Waals surface area (Å²) in [6, 6.07) is 15.3. The molecule has 0 fully saturated rings. The number of aromatic nitrogens is 2. The molecule has 3 rings (SSSR count). The summed E-state index contributed by atoms with van der Waals surface area (Å²) in [5.74, 6) is 2.30. The van der Waals surface area contributed by atoms with Crippen molar-refractivity contribution in [2.75, 3.05) is 33.3 Å². The molecule has 0 saturated carbocycles. The van der Waals surface area contributed by atoms with E-state index in [1.165, 1.54) is 0 Å². The van der Waals surface area contributed by atoms with Crippen LogP contribution in [-0.4, -0.2) is 54.7 Å². The zero-order valence-corrected chi connectivity index (χ0v) is 19.0. The SMILES string of the molecule is CCNC(=NCCCn1c(C)nc2ccccc21)NCCNC(=O)c1cccc(OC)c1. The number of aryl methyl sites for hydroxylation is 2. The lowest BCUT2D eigenvalue weighted by Gasteiger charge is -2.12. The first-order chi connectivity index (χ1) is 15.6. The molecule has 0 saturated heterocycles. The van der Waals surface area contributed by atoms with E-state index >= 15 is 0 Å². The van der Waals surface area contributed by atoms with E-state index in [0.717, 1.165) is 42.3 Å². The number of amides is 1. The van der Waals surface area contributed by atoms with E-state index in [1.807, 2.05) is 38.1 Å². The van der Waals surface area contributed by atoms with Crippen LogP contribution >= 0.6 is 0 Å². The van der Waals surface area contributed by atoms with Crippen LogP contribution in [0.1, 0.15) is 29.5 Å². The van der Waals surface area contributed by atoms with Crippen molar-refractivity contribution in [3.8, 4) is 5.75 Å². The van der Waals surface area contributed by atoms with Gasteiger partial charge in [-0.1, -0.05) is 18.2 Å². The van der Waals surface area contributed by atoms with Gasteiger partial charge in [-0.2, -0.15) is 0 Å². The number of imidazole rings is 1. The number of para-hydroxylation sites is 2. The lowest BCUT2D eigenvalue weighted by molar-refractivity contribution is 0.0954. The number of benzene rings is 2. The molecular weight excluding hydrogens is 404 g/mol. The molecule has 1 aromatic heterocycles. The second-order valence-corrected chi connectivity index (χ2v) is 7.33. The summed E-state index contributed by atoms with van der Waals surface area (Å²) in [6.07, 6.45) is 0.907. The second kappa shape index (κ2) is 11.7. The van der Waals surface area contributed by atoms with Crippen molar-refractivity contribution in [2.45, 2.75) is 26.8 Å². The lowest BCUT2D eigenvalue weighted by atomic mass is 10.2. The van der Waals surface area contributed by atoms with Crippen LogP contribution in [0.2, 0.25) is 0 Å². The third kappa shape index (κ3) is 6.23. The van der Waals surface area contributed by atoms with Crippen molar-refractivity contribution in [2.24, 2.45) is 4.99 Å². The number of carbonyl (C=O) groups excluding carboxylic acids is 1. The average Bonchev–Trinajstić information content (AvgIpc) is 3.14. The highest BCUT2D eigenvalue weighted by atomic mass is 16.5. The zero-order chi connectivity index (χ0) is 22.8. The Hall–Kier alpha value is -3.55. The van der Waals surface area contributed by atoms with E-state index in [2.05, 4.69) is 36.6 Å². The maximum absolute atomic E-state index is 12.3. The van der Waals surface area contributed by atoms with E-state index in [9.17, 15) is 4.79 Å². The van der Waals surface area contributed by atoms with Crippen LogP contribution in [0.3, 0.4) is 0 Å². The highest BCUT2D eigenvalue weighted by Gasteiger charge is 2.07. The summed E-state index contributed by atoms with van der Waals surface area (Å²) < 4.78 is 7.40. The summed E-state index contributed by atoms with van der Waals surface area (Å²) in [5.41, 5.74) is 2.76. The van der Waals surface area contributed by atoms with Crippen LogP contribution in [0.15, 0.2) is 53.5 Å². The number of hydrogen-bond acceptors (Lipinski definition) is 4. The molecule has 0 radical (unpaired) electrons. The Balaban J connectivity index is 1.44. The summed E-state index contributed by atoms with van der Waals surface area (Å²) in [6.45, 7) is 7.46. The largest absolute Gasteiger partial charge is 0.497 e. The minimum Gasteiger partial charge on any atom is -0.497 e. The number of nitrogens with one attached hydrogen (secondary N) is 3. The zero-order valence-electron chi connectivity index (χ0n) is 19.0. The fraction of sp³-hybridized carbons (Fsp3) is 0.375. The van der Waals surface area contributed by atoms with E-state index < -0.39 is 0 Å². The van der Waals surface area contributed by atoms with Gasteiger partial charge < -0.3 is 25.3 Å². The van der Waals surface area contributed by atoms with Gasteiger partial charge in [0.05, 0.1) is 18.1 Å². The Morgan fingerprint density at radius 3 is 2.72 bits per heavy atom. The van der Waals surface area contributed by atoms with Gasteiger partial charge in [0.15, 0.2) is 5.96 Å². The number of nitrogens with zero attached hydrogens (tertiary/aromatic N) is 3. The fourth-order valence-electron chi connectivity index (χ4n) is 3.46. The van der Waals surface area contributed by atoms with Crippen LogP contribution in [0.25, 0.3) is 11.0 Å². The molecule has 0 bridgehead atoms. The predicted molar refractivity (Wildman–Crippen MR) is 128 cm³/mol. The number of carbonyl (C=O) groups is 1. The smallest absolute Gasteiger partial charge is 0.251 e. The van der Waals surface area contributed by atoms with E-state index in [1.54, 1.807) is 25.3 Å². The minimum atomic E-state index is -0.129. The predicted octanol–water partition coefficient (Wildman–Crippen LogP) is 2.73.